The monoisotopic (exact) mass is 467 g/mol. The molecule has 4 rings (SSSR count). The van der Waals surface area contributed by atoms with E-state index in [2.05, 4.69) is 5.10 Å². The van der Waals surface area contributed by atoms with E-state index >= 15 is 0 Å². The normalized spacial score (nSPS) is 18.1. The molecule has 34 heavy (non-hydrogen) atoms. The molecule has 1 aliphatic heterocycles. The van der Waals surface area contributed by atoms with Gasteiger partial charge in [0.2, 0.25) is 5.91 Å². The Kier molecular flexibility index (Phi) is 7.14. The van der Waals surface area contributed by atoms with Crippen LogP contribution in [0.1, 0.15) is 49.3 Å². The van der Waals surface area contributed by atoms with E-state index in [0.29, 0.717) is 34.8 Å². The lowest BCUT2D eigenvalue weighted by atomic mass is 9.97. The average Bonchev–Trinajstić information content (AvgIpc) is 3.54. The van der Waals surface area contributed by atoms with E-state index in [1.165, 1.54) is 16.0 Å². The Hall–Kier alpha value is -3.42. The summed E-state index contributed by atoms with van der Waals surface area (Å²) in [4.78, 5) is 27.7. The first-order valence-electron chi connectivity index (χ1n) is 11.5. The lowest BCUT2D eigenvalue weighted by Gasteiger charge is -2.27. The Labute approximate surface area is 199 Å². The molecule has 1 atom stereocenters. The van der Waals surface area contributed by atoms with E-state index in [4.69, 9.17) is 9.47 Å². The van der Waals surface area contributed by atoms with Crippen LogP contribution in [0.15, 0.2) is 47.6 Å². The molecule has 1 unspecified atom stereocenters. The molecule has 0 radical (unpaired) electrons. The van der Waals surface area contributed by atoms with Gasteiger partial charge in [-0.1, -0.05) is 31.0 Å². The second-order valence-electron chi connectivity index (χ2n) is 8.77. The van der Waals surface area contributed by atoms with Crippen molar-refractivity contribution in [3.8, 4) is 11.5 Å². The van der Waals surface area contributed by atoms with Crippen LogP contribution in [-0.2, 0) is 9.59 Å². The second kappa shape index (κ2) is 10.2. The van der Waals surface area contributed by atoms with E-state index in [1.54, 1.807) is 57.7 Å². The third kappa shape index (κ3) is 4.76. The number of nitrogens with zero attached hydrogens (tertiary/aromatic N) is 3. The summed E-state index contributed by atoms with van der Waals surface area (Å²) in [6.07, 6.45) is 4.10. The van der Waals surface area contributed by atoms with E-state index in [9.17, 15) is 14.0 Å². The first-order valence-corrected chi connectivity index (χ1v) is 11.5. The van der Waals surface area contributed by atoms with Crippen LogP contribution < -0.4 is 9.47 Å². The van der Waals surface area contributed by atoms with Gasteiger partial charge in [0.25, 0.3) is 5.91 Å². The van der Waals surface area contributed by atoms with Gasteiger partial charge in [0.15, 0.2) is 0 Å². The van der Waals surface area contributed by atoms with Gasteiger partial charge in [0, 0.05) is 30.5 Å². The number of carbonyl (C=O) groups is 2. The van der Waals surface area contributed by atoms with Gasteiger partial charge in [-0.05, 0) is 37.1 Å². The summed E-state index contributed by atoms with van der Waals surface area (Å²) in [5, 5.41) is 5.90. The van der Waals surface area contributed by atoms with E-state index in [-0.39, 0.29) is 24.3 Å². The SMILES string of the molecule is COc1ccc(OC)c(C2CC(c3ccccc3F)=NN2C(=O)CN(C)C(=O)C2CCCC2)c1. The van der Waals surface area contributed by atoms with Gasteiger partial charge in [-0.2, -0.15) is 5.10 Å². The van der Waals surface area contributed by atoms with Crippen molar-refractivity contribution < 1.29 is 23.5 Å². The smallest absolute Gasteiger partial charge is 0.262 e. The molecule has 180 valence electrons. The minimum Gasteiger partial charge on any atom is -0.497 e. The highest BCUT2D eigenvalue weighted by Gasteiger charge is 2.37. The molecule has 2 aromatic rings. The first kappa shape index (κ1) is 23.7. The highest BCUT2D eigenvalue weighted by Crippen LogP contribution is 2.39. The Bertz CT molecular complexity index is 1100. The summed E-state index contributed by atoms with van der Waals surface area (Å²) in [6, 6.07) is 11.2. The number of hydrazone groups is 1. The summed E-state index contributed by atoms with van der Waals surface area (Å²) >= 11 is 0. The molecular formula is C26H30FN3O4. The maximum Gasteiger partial charge on any atom is 0.262 e. The molecule has 1 fully saturated rings. The number of hydrogen-bond acceptors (Lipinski definition) is 5. The first-order chi connectivity index (χ1) is 16.4. The molecule has 2 aliphatic rings. The number of hydrogen-bond donors (Lipinski definition) is 0. The number of methoxy groups -OCH3 is 2. The molecule has 0 N–H and O–H groups in total. The maximum atomic E-state index is 14.6. The van der Waals surface area contributed by atoms with Crippen LogP contribution >= 0.6 is 0 Å². The predicted octanol–water partition coefficient (Wildman–Crippen LogP) is 4.17. The molecule has 8 heteroatoms. The minimum absolute atomic E-state index is 0.0149. The van der Waals surface area contributed by atoms with Crippen LogP contribution in [0.5, 0.6) is 11.5 Å². The summed E-state index contributed by atoms with van der Waals surface area (Å²) in [7, 11) is 4.77. The van der Waals surface area contributed by atoms with Crippen LogP contribution in [0.4, 0.5) is 4.39 Å². The molecule has 2 aromatic carbocycles. The van der Waals surface area contributed by atoms with E-state index in [0.717, 1.165) is 25.7 Å². The Morgan fingerprint density at radius 2 is 1.85 bits per heavy atom. The zero-order chi connectivity index (χ0) is 24.2. The number of rotatable bonds is 7. The van der Waals surface area contributed by atoms with Crippen LogP contribution in [0, 0.1) is 11.7 Å². The molecule has 0 bridgehead atoms. The minimum atomic E-state index is -0.526. The quantitative estimate of drug-likeness (QED) is 0.613. The van der Waals surface area contributed by atoms with Crippen molar-refractivity contribution in [2.24, 2.45) is 11.0 Å². The summed E-state index contributed by atoms with van der Waals surface area (Å²) in [6.45, 7) is -0.105. The summed E-state index contributed by atoms with van der Waals surface area (Å²) in [5.41, 5.74) is 1.52. The van der Waals surface area contributed by atoms with Crippen LogP contribution in [0.3, 0.4) is 0 Å². The Morgan fingerprint density at radius 1 is 1.12 bits per heavy atom. The van der Waals surface area contributed by atoms with Gasteiger partial charge < -0.3 is 14.4 Å². The summed E-state index contributed by atoms with van der Waals surface area (Å²) < 4.78 is 25.5. The van der Waals surface area contributed by atoms with Gasteiger partial charge >= 0.3 is 0 Å². The van der Waals surface area contributed by atoms with Crippen molar-refractivity contribution in [1.82, 2.24) is 9.91 Å². The number of amides is 2. The fourth-order valence-electron chi connectivity index (χ4n) is 4.78. The predicted molar refractivity (Wildman–Crippen MR) is 126 cm³/mol. The highest BCUT2D eigenvalue weighted by molar-refractivity contribution is 6.03. The number of benzene rings is 2. The van der Waals surface area contributed by atoms with Crippen molar-refractivity contribution in [2.45, 2.75) is 38.1 Å². The van der Waals surface area contributed by atoms with Crippen LogP contribution in [0.25, 0.3) is 0 Å². The number of halogens is 1. The fraction of sp³-hybridized carbons (Fsp3) is 0.423. The van der Waals surface area contributed by atoms with E-state index in [1.807, 2.05) is 0 Å². The van der Waals surface area contributed by atoms with E-state index < -0.39 is 11.9 Å². The van der Waals surface area contributed by atoms with Crippen molar-refractivity contribution in [1.29, 1.82) is 0 Å². The zero-order valence-electron chi connectivity index (χ0n) is 19.8. The third-order valence-corrected chi connectivity index (χ3v) is 6.60. The number of ether oxygens (including phenoxy) is 2. The van der Waals surface area contributed by atoms with Gasteiger partial charge in [0.1, 0.15) is 23.9 Å². The number of likely N-dealkylation sites (N-methyl/N-ethyl adjacent to an activating group) is 1. The Morgan fingerprint density at radius 3 is 2.53 bits per heavy atom. The Balaban J connectivity index is 1.66. The topological polar surface area (TPSA) is 71.4 Å². The van der Waals surface area contributed by atoms with Crippen molar-refractivity contribution >= 4 is 17.5 Å². The molecule has 0 aromatic heterocycles. The largest absolute Gasteiger partial charge is 0.497 e. The lowest BCUT2D eigenvalue weighted by Crippen LogP contribution is -2.41. The molecule has 7 nitrogen and oxygen atoms in total. The fourth-order valence-corrected chi connectivity index (χ4v) is 4.78. The molecule has 0 spiro atoms. The second-order valence-corrected chi connectivity index (χ2v) is 8.77. The van der Waals surface area contributed by atoms with Crippen LogP contribution in [0.2, 0.25) is 0 Å². The standard InChI is InChI=1S/C26H30FN3O4/c1-29(26(32)17-8-4-5-9-17)16-25(31)30-23(20-14-18(33-2)12-13-24(20)34-3)15-22(28-30)19-10-6-7-11-21(19)27/h6-7,10-14,17,23H,4-5,8-9,15-16H2,1-3H3. The lowest BCUT2D eigenvalue weighted by molar-refractivity contribution is -0.142. The molecule has 2 amide bonds. The van der Waals surface area contributed by atoms with Gasteiger partial charge in [0.05, 0.1) is 26.0 Å². The van der Waals surface area contributed by atoms with Gasteiger partial charge in [-0.25, -0.2) is 9.40 Å². The molecule has 1 heterocycles. The molecule has 0 saturated heterocycles. The molecule has 1 saturated carbocycles. The zero-order valence-corrected chi connectivity index (χ0v) is 19.8. The van der Waals surface area contributed by atoms with Crippen molar-refractivity contribution in [2.75, 3.05) is 27.8 Å². The molecule has 1 aliphatic carbocycles. The average molecular weight is 468 g/mol. The van der Waals surface area contributed by atoms with Gasteiger partial charge in [-0.3, -0.25) is 9.59 Å². The number of carbonyl (C=O) groups excluding carboxylic acids is 2. The highest BCUT2D eigenvalue weighted by atomic mass is 19.1. The third-order valence-electron chi connectivity index (χ3n) is 6.60. The maximum absolute atomic E-state index is 14.6. The van der Waals surface area contributed by atoms with Gasteiger partial charge in [-0.15, -0.1) is 0 Å². The van der Waals surface area contributed by atoms with Crippen LogP contribution in [-0.4, -0.2) is 55.2 Å². The summed E-state index contributed by atoms with van der Waals surface area (Å²) in [5.74, 6) is 0.400. The van der Waals surface area contributed by atoms with Crippen molar-refractivity contribution in [3.05, 3.63) is 59.4 Å². The van der Waals surface area contributed by atoms with Crippen molar-refractivity contribution in [3.63, 3.8) is 0 Å². The molecular weight excluding hydrogens is 437 g/mol.